The van der Waals surface area contributed by atoms with Crippen molar-refractivity contribution in [1.82, 2.24) is 15.1 Å². The second kappa shape index (κ2) is 11.4. The number of nitriles is 1. The SMILES string of the molecule is CC(C)(C=C(C#N)C(=O)N1CC[C@@H]1COC(=O)N[C@H](CB(O)O)c1ccccc1)N1CCC(F)(F)C1. The van der Waals surface area contributed by atoms with E-state index in [1.165, 1.54) is 11.0 Å². The first kappa shape index (κ1) is 27.6. The van der Waals surface area contributed by atoms with Crippen LogP contribution in [0.15, 0.2) is 42.0 Å². The number of amides is 2. The van der Waals surface area contributed by atoms with Crippen LogP contribution in [-0.2, 0) is 9.53 Å². The minimum Gasteiger partial charge on any atom is -0.447 e. The Bertz CT molecular complexity index is 1020. The molecule has 2 amide bonds. The summed E-state index contributed by atoms with van der Waals surface area (Å²) in [6.45, 7) is 3.37. The molecule has 2 heterocycles. The van der Waals surface area contributed by atoms with Crippen LogP contribution in [0.25, 0.3) is 0 Å². The Morgan fingerprint density at radius 2 is 2.03 bits per heavy atom. The van der Waals surface area contributed by atoms with Crippen molar-refractivity contribution in [2.24, 2.45) is 0 Å². The molecule has 194 valence electrons. The van der Waals surface area contributed by atoms with Crippen molar-refractivity contribution < 1.29 is 33.2 Å². The molecule has 3 rings (SSSR count). The molecule has 2 aliphatic rings. The van der Waals surface area contributed by atoms with Crippen LogP contribution in [0, 0.1) is 11.3 Å². The molecule has 1 aromatic carbocycles. The van der Waals surface area contributed by atoms with Gasteiger partial charge in [-0.3, -0.25) is 9.69 Å². The van der Waals surface area contributed by atoms with Crippen LogP contribution in [0.5, 0.6) is 0 Å². The third kappa shape index (κ3) is 7.03. The number of alkyl carbamates (subject to hydrolysis) is 1. The predicted octanol–water partition coefficient (Wildman–Crippen LogP) is 2.10. The molecule has 12 heteroatoms. The predicted molar refractivity (Wildman–Crippen MR) is 128 cm³/mol. The summed E-state index contributed by atoms with van der Waals surface area (Å²) in [4.78, 5) is 28.3. The van der Waals surface area contributed by atoms with Gasteiger partial charge in [0.25, 0.3) is 11.8 Å². The lowest BCUT2D eigenvalue weighted by Crippen LogP contribution is -2.54. The summed E-state index contributed by atoms with van der Waals surface area (Å²) in [7, 11) is -1.64. The van der Waals surface area contributed by atoms with Gasteiger partial charge < -0.3 is 25.0 Å². The van der Waals surface area contributed by atoms with Gasteiger partial charge in [-0.15, -0.1) is 0 Å². The largest absolute Gasteiger partial charge is 0.453 e. The minimum absolute atomic E-state index is 0.110. The Hall–Kier alpha value is -3.01. The number of hydrogen-bond acceptors (Lipinski definition) is 7. The maximum atomic E-state index is 13.7. The highest BCUT2D eigenvalue weighted by Gasteiger charge is 2.44. The molecular formula is C24H31BF2N4O5. The maximum absolute atomic E-state index is 13.7. The van der Waals surface area contributed by atoms with Crippen LogP contribution in [0.1, 0.15) is 38.3 Å². The van der Waals surface area contributed by atoms with E-state index in [4.69, 9.17) is 4.74 Å². The number of ether oxygens (including phenoxy) is 1. The Kier molecular flexibility index (Phi) is 8.71. The standard InChI is InChI=1S/C24H31BF2N4O5/c1-23(2,30-11-9-24(26,27)16-30)12-18(14-28)21(32)31-10-8-19(31)15-36-22(33)29-20(13-25(34)35)17-6-4-3-5-7-17/h3-7,12,19-20,34-35H,8-11,13,15-16H2,1-2H3,(H,29,33)/t19-,20-/m1/s1. The molecule has 0 saturated carbocycles. The third-order valence-electron chi connectivity index (χ3n) is 6.59. The fourth-order valence-corrected chi connectivity index (χ4v) is 4.38. The first-order valence-corrected chi connectivity index (χ1v) is 11.8. The molecular weight excluding hydrogens is 473 g/mol. The van der Waals surface area contributed by atoms with Crippen molar-refractivity contribution in [3.63, 3.8) is 0 Å². The number of alkyl halides is 2. The summed E-state index contributed by atoms with van der Waals surface area (Å²) in [5, 5.41) is 30.9. The average Bonchev–Trinajstić information content (AvgIpc) is 3.17. The summed E-state index contributed by atoms with van der Waals surface area (Å²) >= 11 is 0. The molecule has 2 aliphatic heterocycles. The minimum atomic E-state index is -2.79. The second-order valence-corrected chi connectivity index (χ2v) is 9.71. The van der Waals surface area contributed by atoms with Gasteiger partial charge in [-0.05, 0) is 31.9 Å². The topological polar surface area (TPSA) is 126 Å². The summed E-state index contributed by atoms with van der Waals surface area (Å²) < 4.78 is 32.6. The highest BCUT2D eigenvalue weighted by molar-refractivity contribution is 6.41. The number of halogens is 2. The van der Waals surface area contributed by atoms with Crippen LogP contribution < -0.4 is 5.32 Å². The molecule has 0 radical (unpaired) electrons. The molecule has 0 bridgehead atoms. The highest BCUT2D eigenvalue weighted by atomic mass is 19.3. The first-order chi connectivity index (χ1) is 16.9. The van der Waals surface area contributed by atoms with Crippen LogP contribution in [0.2, 0.25) is 6.32 Å². The smallest absolute Gasteiger partial charge is 0.447 e. The second-order valence-electron chi connectivity index (χ2n) is 9.71. The highest BCUT2D eigenvalue weighted by Crippen LogP contribution is 2.33. The van der Waals surface area contributed by atoms with Gasteiger partial charge in [0.1, 0.15) is 18.2 Å². The molecule has 3 N–H and O–H groups in total. The number of benzene rings is 1. The van der Waals surface area contributed by atoms with E-state index in [2.05, 4.69) is 5.32 Å². The zero-order valence-electron chi connectivity index (χ0n) is 20.4. The van der Waals surface area contributed by atoms with Gasteiger partial charge in [-0.25, -0.2) is 13.6 Å². The summed E-state index contributed by atoms with van der Waals surface area (Å²) in [6.07, 6.45) is 0.801. The van der Waals surface area contributed by atoms with Crippen LogP contribution in [0.3, 0.4) is 0 Å². The van der Waals surface area contributed by atoms with E-state index in [-0.39, 0.29) is 31.5 Å². The lowest BCUT2D eigenvalue weighted by Gasteiger charge is -2.41. The van der Waals surface area contributed by atoms with Crippen molar-refractivity contribution in [3.8, 4) is 6.07 Å². The Morgan fingerprint density at radius 1 is 1.33 bits per heavy atom. The van der Waals surface area contributed by atoms with Crippen LogP contribution in [-0.4, -0.2) is 82.7 Å². The quantitative estimate of drug-likeness (QED) is 0.267. The number of likely N-dealkylation sites (tertiary alicyclic amines) is 2. The Labute approximate surface area is 209 Å². The monoisotopic (exact) mass is 504 g/mol. The van der Waals surface area contributed by atoms with Crippen molar-refractivity contribution in [2.75, 3.05) is 26.2 Å². The Balaban J connectivity index is 1.57. The van der Waals surface area contributed by atoms with Gasteiger partial charge >= 0.3 is 13.2 Å². The molecule has 9 nitrogen and oxygen atoms in total. The van der Waals surface area contributed by atoms with Gasteiger partial charge in [-0.1, -0.05) is 30.3 Å². The van der Waals surface area contributed by atoms with Crippen molar-refractivity contribution in [1.29, 1.82) is 5.26 Å². The molecule has 0 unspecified atom stereocenters. The Morgan fingerprint density at radius 3 is 2.56 bits per heavy atom. The van der Waals surface area contributed by atoms with Crippen molar-refractivity contribution in [2.45, 2.75) is 56.6 Å². The maximum Gasteiger partial charge on any atom is 0.453 e. The number of carbonyl (C=O) groups excluding carboxylic acids is 2. The molecule has 1 aromatic rings. The van der Waals surface area contributed by atoms with Crippen molar-refractivity contribution in [3.05, 3.63) is 47.5 Å². The van der Waals surface area contributed by atoms with Gasteiger partial charge in [0.05, 0.1) is 18.6 Å². The van der Waals surface area contributed by atoms with Gasteiger partial charge in [0, 0.05) is 31.4 Å². The lowest BCUT2D eigenvalue weighted by molar-refractivity contribution is -0.135. The lowest BCUT2D eigenvalue weighted by atomic mass is 9.79. The zero-order chi connectivity index (χ0) is 26.5. The van der Waals surface area contributed by atoms with E-state index in [0.717, 1.165) is 0 Å². The average molecular weight is 504 g/mol. The fraction of sp³-hybridized carbons (Fsp3) is 0.542. The van der Waals surface area contributed by atoms with Gasteiger partial charge in [0.2, 0.25) is 0 Å². The van der Waals surface area contributed by atoms with E-state index in [0.29, 0.717) is 18.5 Å². The summed E-state index contributed by atoms with van der Waals surface area (Å²) in [6, 6.07) is 9.55. The van der Waals surface area contributed by atoms with Crippen LogP contribution >= 0.6 is 0 Å². The molecule has 2 atom stereocenters. The molecule has 0 aromatic heterocycles. The van der Waals surface area contributed by atoms with E-state index >= 15 is 0 Å². The third-order valence-corrected chi connectivity index (χ3v) is 6.59. The number of rotatable bonds is 9. The first-order valence-electron chi connectivity index (χ1n) is 11.8. The van der Waals surface area contributed by atoms with Crippen LogP contribution in [0.4, 0.5) is 13.6 Å². The molecule has 2 fully saturated rings. The molecule has 0 aliphatic carbocycles. The number of nitrogens with zero attached hydrogens (tertiary/aromatic N) is 3. The van der Waals surface area contributed by atoms with E-state index < -0.39 is 49.2 Å². The zero-order valence-corrected chi connectivity index (χ0v) is 20.4. The fourth-order valence-electron chi connectivity index (χ4n) is 4.38. The molecule has 2 saturated heterocycles. The van der Waals surface area contributed by atoms with E-state index in [1.807, 2.05) is 6.07 Å². The van der Waals surface area contributed by atoms with E-state index in [9.17, 15) is 33.7 Å². The van der Waals surface area contributed by atoms with Gasteiger partial charge in [-0.2, -0.15) is 5.26 Å². The molecule has 0 spiro atoms. The number of hydrogen-bond donors (Lipinski definition) is 3. The van der Waals surface area contributed by atoms with E-state index in [1.54, 1.807) is 49.1 Å². The number of carbonyl (C=O) groups is 2. The van der Waals surface area contributed by atoms with Crippen molar-refractivity contribution >= 4 is 19.1 Å². The summed E-state index contributed by atoms with van der Waals surface area (Å²) in [5.74, 6) is -3.33. The normalized spacial score (nSPS) is 20.8. The number of nitrogens with one attached hydrogen (secondary N) is 1. The molecule has 36 heavy (non-hydrogen) atoms. The van der Waals surface area contributed by atoms with Gasteiger partial charge in [0.15, 0.2) is 0 Å². The summed E-state index contributed by atoms with van der Waals surface area (Å²) in [5.41, 5.74) is -0.392.